The van der Waals surface area contributed by atoms with Gasteiger partial charge in [0.25, 0.3) is 0 Å². The number of aliphatic hydroxyl groups is 5. The highest BCUT2D eigenvalue weighted by Crippen LogP contribution is 2.48. The van der Waals surface area contributed by atoms with Crippen molar-refractivity contribution in [3.8, 4) is 5.75 Å². The van der Waals surface area contributed by atoms with Crippen LogP contribution in [0.2, 0.25) is 0 Å². The van der Waals surface area contributed by atoms with Crippen molar-refractivity contribution in [2.75, 3.05) is 13.6 Å². The van der Waals surface area contributed by atoms with Gasteiger partial charge in [0.2, 0.25) is 5.79 Å². The summed E-state index contributed by atoms with van der Waals surface area (Å²) in [6.07, 6.45) is -4.76. The normalized spacial score (nSPS) is 31.0. The van der Waals surface area contributed by atoms with E-state index in [1.165, 1.54) is 0 Å². The van der Waals surface area contributed by atoms with Gasteiger partial charge in [-0.2, -0.15) is 0 Å². The second-order valence-corrected chi connectivity index (χ2v) is 10.8. The Labute approximate surface area is 223 Å². The molecule has 1 saturated carbocycles. The van der Waals surface area contributed by atoms with Gasteiger partial charge >= 0.3 is 5.97 Å². The molecule has 2 fully saturated rings. The minimum absolute atomic E-state index is 0.0191. The van der Waals surface area contributed by atoms with E-state index in [2.05, 4.69) is 10.3 Å². The highest BCUT2D eigenvalue weighted by atomic mass is 16.7. The first-order valence-corrected chi connectivity index (χ1v) is 13.1. The number of nitrogens with one attached hydrogen (secondary N) is 2. The van der Waals surface area contributed by atoms with Crippen molar-refractivity contribution < 1.29 is 39.8 Å². The van der Waals surface area contributed by atoms with Crippen LogP contribution in [0.3, 0.4) is 0 Å². The lowest BCUT2D eigenvalue weighted by atomic mass is 9.85. The Kier molecular flexibility index (Phi) is 6.39. The molecule has 1 saturated heterocycles. The monoisotopic (exact) mass is 536 g/mol. The van der Waals surface area contributed by atoms with Gasteiger partial charge in [-0.1, -0.05) is 30.3 Å². The molecule has 1 aliphatic carbocycles. The highest BCUT2D eigenvalue weighted by Gasteiger charge is 2.67. The minimum atomic E-state index is -2.57. The first-order valence-electron chi connectivity index (χ1n) is 13.1. The summed E-state index contributed by atoms with van der Waals surface area (Å²) in [4.78, 5) is 16.5. The Hall–Kier alpha value is -3.09. The number of rotatable bonds is 6. The van der Waals surface area contributed by atoms with Gasteiger partial charge in [0, 0.05) is 0 Å². The van der Waals surface area contributed by atoms with Gasteiger partial charge in [-0.25, -0.2) is 4.79 Å². The third-order valence-electron chi connectivity index (χ3n) is 8.36. The number of benzene rings is 3. The van der Waals surface area contributed by atoms with Crippen LogP contribution in [0.15, 0.2) is 48.5 Å². The molecule has 3 aromatic carbocycles. The standard InChI is InChI=1S/C29H32N2O8/c1-30-13-15-8-9-28(36,12-15)29(37)26(34)23(33)25(39-29)27(35)38-24-21(14-32)31-20-7-6-18-10-16-4-2-3-5-17(16)11-19(18)22(20)24/h2-7,10-11,15,23,25-26,30-34,36-37H,8-9,12-14H2,1H3/t15-,23-,25+,26+,28-,29+/m0/s1. The van der Waals surface area contributed by atoms with E-state index in [1.54, 1.807) is 7.05 Å². The predicted octanol–water partition coefficient (Wildman–Crippen LogP) is 1.43. The Morgan fingerprint density at radius 1 is 1.13 bits per heavy atom. The van der Waals surface area contributed by atoms with Gasteiger partial charge < -0.3 is 45.3 Å². The van der Waals surface area contributed by atoms with Crippen LogP contribution in [0, 0.1) is 5.92 Å². The van der Waals surface area contributed by atoms with Crippen molar-refractivity contribution in [2.24, 2.45) is 5.92 Å². The first kappa shape index (κ1) is 26.1. The summed E-state index contributed by atoms with van der Waals surface area (Å²) in [6, 6.07) is 15.6. The maximum atomic E-state index is 13.4. The maximum Gasteiger partial charge on any atom is 0.343 e. The van der Waals surface area contributed by atoms with Crippen LogP contribution in [0.4, 0.5) is 0 Å². The Morgan fingerprint density at radius 2 is 1.87 bits per heavy atom. The summed E-state index contributed by atoms with van der Waals surface area (Å²) in [5.41, 5.74) is -0.991. The molecule has 0 radical (unpaired) electrons. The van der Waals surface area contributed by atoms with Crippen molar-refractivity contribution in [1.82, 2.24) is 10.3 Å². The molecule has 6 rings (SSSR count). The van der Waals surface area contributed by atoms with Crippen LogP contribution in [-0.4, -0.2) is 79.8 Å². The largest absolute Gasteiger partial charge is 0.422 e. The van der Waals surface area contributed by atoms with E-state index in [0.29, 0.717) is 23.9 Å². The molecule has 7 N–H and O–H groups in total. The molecule has 206 valence electrons. The fraction of sp³-hybridized carbons (Fsp3) is 0.414. The molecule has 10 heteroatoms. The minimum Gasteiger partial charge on any atom is -0.422 e. The molecule has 1 aliphatic heterocycles. The van der Waals surface area contributed by atoms with E-state index in [0.717, 1.165) is 21.5 Å². The van der Waals surface area contributed by atoms with E-state index in [-0.39, 0.29) is 30.2 Å². The smallest absolute Gasteiger partial charge is 0.343 e. The van der Waals surface area contributed by atoms with Gasteiger partial charge in [0.05, 0.1) is 23.2 Å². The average molecular weight is 537 g/mol. The molecule has 2 aliphatic rings. The fourth-order valence-electron chi connectivity index (χ4n) is 6.33. The number of ether oxygens (including phenoxy) is 2. The van der Waals surface area contributed by atoms with Crippen LogP contribution in [-0.2, 0) is 16.1 Å². The molecule has 10 nitrogen and oxygen atoms in total. The lowest BCUT2D eigenvalue weighted by Gasteiger charge is -2.39. The molecule has 2 heterocycles. The van der Waals surface area contributed by atoms with E-state index >= 15 is 0 Å². The van der Waals surface area contributed by atoms with Gasteiger partial charge in [-0.05, 0) is 78.5 Å². The zero-order valence-corrected chi connectivity index (χ0v) is 21.4. The second-order valence-electron chi connectivity index (χ2n) is 10.8. The molecule has 1 aromatic heterocycles. The molecule has 0 unspecified atom stereocenters. The van der Waals surface area contributed by atoms with Crippen molar-refractivity contribution >= 4 is 38.4 Å². The lowest BCUT2D eigenvalue weighted by Crippen LogP contribution is -2.60. The summed E-state index contributed by atoms with van der Waals surface area (Å²) in [5, 5.41) is 61.4. The quantitative estimate of drug-likeness (QED) is 0.143. The number of aliphatic hydroxyl groups excluding tert-OH is 3. The summed E-state index contributed by atoms with van der Waals surface area (Å²) in [6.45, 7) is 0.135. The fourth-order valence-corrected chi connectivity index (χ4v) is 6.33. The molecule has 6 atom stereocenters. The molecule has 0 amide bonds. The number of hydrogen-bond donors (Lipinski definition) is 7. The van der Waals surface area contributed by atoms with Crippen LogP contribution in [0.25, 0.3) is 32.4 Å². The second kappa shape index (κ2) is 9.53. The summed E-state index contributed by atoms with van der Waals surface area (Å²) < 4.78 is 11.3. The number of carbonyl (C=O) groups excluding carboxylic acids is 1. The number of carbonyl (C=O) groups is 1. The van der Waals surface area contributed by atoms with Crippen LogP contribution in [0.1, 0.15) is 25.0 Å². The molecule has 39 heavy (non-hydrogen) atoms. The Bertz CT molecular complexity index is 1570. The zero-order chi connectivity index (χ0) is 27.5. The summed E-state index contributed by atoms with van der Waals surface area (Å²) >= 11 is 0. The number of hydrogen-bond acceptors (Lipinski definition) is 9. The number of fused-ring (bicyclic) bond motifs is 4. The molecular weight excluding hydrogens is 504 g/mol. The summed E-state index contributed by atoms with van der Waals surface area (Å²) in [5.74, 6) is -3.55. The number of esters is 1. The van der Waals surface area contributed by atoms with Crippen LogP contribution < -0.4 is 10.1 Å². The third-order valence-corrected chi connectivity index (χ3v) is 8.36. The molecule has 4 aromatic rings. The molecule has 0 spiro atoms. The number of H-pyrrole nitrogens is 1. The van der Waals surface area contributed by atoms with E-state index < -0.39 is 42.3 Å². The van der Waals surface area contributed by atoms with E-state index in [1.807, 2.05) is 48.5 Å². The lowest BCUT2D eigenvalue weighted by molar-refractivity contribution is -0.313. The topological polar surface area (TPSA) is 164 Å². The van der Waals surface area contributed by atoms with Crippen molar-refractivity contribution in [2.45, 2.75) is 55.6 Å². The Balaban J connectivity index is 1.35. The number of aromatic amines is 1. The van der Waals surface area contributed by atoms with Gasteiger partial charge in [0.1, 0.15) is 17.8 Å². The maximum absolute atomic E-state index is 13.4. The predicted molar refractivity (Wildman–Crippen MR) is 143 cm³/mol. The Morgan fingerprint density at radius 3 is 2.59 bits per heavy atom. The molecule has 0 bridgehead atoms. The first-order chi connectivity index (χ1) is 18.7. The SMILES string of the molecule is CNC[C@H]1CC[C@@](O)([C@]2(O)O[C@@H](C(=O)Oc3c(CO)[nH]c4ccc5cc6ccccc6cc5c34)[C@H](O)[C@H]2O)C1. The number of aromatic nitrogens is 1. The molecular formula is C29H32N2O8. The highest BCUT2D eigenvalue weighted by molar-refractivity contribution is 6.14. The van der Waals surface area contributed by atoms with Crippen LogP contribution >= 0.6 is 0 Å². The van der Waals surface area contributed by atoms with Crippen molar-refractivity contribution in [3.63, 3.8) is 0 Å². The summed E-state index contributed by atoms with van der Waals surface area (Å²) in [7, 11) is 1.78. The van der Waals surface area contributed by atoms with Crippen LogP contribution in [0.5, 0.6) is 5.75 Å². The average Bonchev–Trinajstić information content (AvgIpc) is 3.57. The third kappa shape index (κ3) is 4.03. The van der Waals surface area contributed by atoms with Crippen molar-refractivity contribution in [3.05, 3.63) is 54.2 Å². The van der Waals surface area contributed by atoms with E-state index in [4.69, 9.17) is 9.47 Å². The van der Waals surface area contributed by atoms with Gasteiger partial charge in [-0.3, -0.25) is 0 Å². The van der Waals surface area contributed by atoms with E-state index in [9.17, 15) is 30.3 Å². The zero-order valence-electron chi connectivity index (χ0n) is 21.4. The van der Waals surface area contributed by atoms with Gasteiger partial charge in [-0.15, -0.1) is 0 Å². The van der Waals surface area contributed by atoms with Gasteiger partial charge in [0.15, 0.2) is 11.9 Å². The van der Waals surface area contributed by atoms with Crippen molar-refractivity contribution in [1.29, 1.82) is 0 Å².